The molecule has 2 aliphatic rings. The standard InChI is InChI=1S/C18H21FN4O2.C2HF3O2/c19-14-9-21-17(22-10-14)23-7-3-5-18(13-23)8-16(12-25-18)24-11-15-4-1-2-6-20-15;3-2(4,5)1(6)7/h1-2,4,6,9-10,16H,3,5,7-8,11-13H2;(H,6,7)/t16-,18-;/m0./s1. The van der Waals surface area contributed by atoms with Crippen LogP contribution in [0.4, 0.5) is 23.5 Å². The summed E-state index contributed by atoms with van der Waals surface area (Å²) >= 11 is 0. The molecule has 2 aromatic rings. The van der Waals surface area contributed by atoms with Gasteiger partial charge in [0.25, 0.3) is 0 Å². The fourth-order valence-electron chi connectivity index (χ4n) is 3.62. The van der Waals surface area contributed by atoms with E-state index >= 15 is 0 Å². The van der Waals surface area contributed by atoms with Crippen molar-refractivity contribution in [2.45, 2.75) is 43.8 Å². The molecule has 0 radical (unpaired) electrons. The summed E-state index contributed by atoms with van der Waals surface area (Å²) in [5, 5.41) is 7.12. The van der Waals surface area contributed by atoms with Crippen LogP contribution in [0.5, 0.6) is 0 Å². The lowest BCUT2D eigenvalue weighted by molar-refractivity contribution is -0.192. The minimum Gasteiger partial charge on any atom is -0.475 e. The number of hydrogen-bond acceptors (Lipinski definition) is 7. The Bertz CT molecular complexity index is 885. The molecule has 4 rings (SSSR count). The van der Waals surface area contributed by atoms with Crippen LogP contribution in [0.15, 0.2) is 36.8 Å². The Kier molecular flexibility index (Phi) is 7.56. The molecule has 1 N–H and O–H groups in total. The smallest absolute Gasteiger partial charge is 0.475 e. The van der Waals surface area contributed by atoms with Gasteiger partial charge in [-0.15, -0.1) is 0 Å². The number of carboxylic acid groups (broad SMARTS) is 1. The lowest BCUT2D eigenvalue weighted by Gasteiger charge is -2.39. The molecule has 2 aromatic heterocycles. The lowest BCUT2D eigenvalue weighted by Crippen LogP contribution is -2.48. The first-order valence-electron chi connectivity index (χ1n) is 9.85. The molecule has 32 heavy (non-hydrogen) atoms. The third-order valence-corrected chi connectivity index (χ3v) is 5.04. The molecule has 8 nitrogen and oxygen atoms in total. The Morgan fingerprint density at radius 3 is 2.62 bits per heavy atom. The van der Waals surface area contributed by atoms with Crippen molar-refractivity contribution in [1.82, 2.24) is 15.0 Å². The van der Waals surface area contributed by atoms with E-state index in [-0.39, 0.29) is 11.7 Å². The number of ether oxygens (including phenoxy) is 2. The van der Waals surface area contributed by atoms with Crippen LogP contribution in [-0.4, -0.2) is 63.6 Å². The predicted molar refractivity (Wildman–Crippen MR) is 103 cm³/mol. The zero-order valence-electron chi connectivity index (χ0n) is 17.0. The Morgan fingerprint density at radius 1 is 1.28 bits per heavy atom. The average Bonchev–Trinajstić information content (AvgIpc) is 3.15. The second-order valence-corrected chi connectivity index (χ2v) is 7.48. The van der Waals surface area contributed by atoms with Gasteiger partial charge < -0.3 is 19.5 Å². The Morgan fingerprint density at radius 2 is 2.00 bits per heavy atom. The Hall–Kier alpha value is -2.86. The molecule has 174 valence electrons. The van der Waals surface area contributed by atoms with Crippen molar-refractivity contribution in [2.75, 3.05) is 24.6 Å². The highest BCUT2D eigenvalue weighted by Crippen LogP contribution is 2.36. The second-order valence-electron chi connectivity index (χ2n) is 7.48. The fourth-order valence-corrected chi connectivity index (χ4v) is 3.62. The topological polar surface area (TPSA) is 97.7 Å². The van der Waals surface area contributed by atoms with Crippen molar-refractivity contribution < 1.29 is 36.9 Å². The maximum absolute atomic E-state index is 13.0. The maximum Gasteiger partial charge on any atom is 0.490 e. The van der Waals surface area contributed by atoms with Crippen LogP contribution >= 0.6 is 0 Å². The summed E-state index contributed by atoms with van der Waals surface area (Å²) in [7, 11) is 0. The summed E-state index contributed by atoms with van der Waals surface area (Å²) in [5.41, 5.74) is 0.693. The van der Waals surface area contributed by atoms with Crippen LogP contribution in [0, 0.1) is 5.82 Å². The van der Waals surface area contributed by atoms with E-state index in [0.29, 0.717) is 25.7 Å². The van der Waals surface area contributed by atoms with Crippen molar-refractivity contribution in [3.05, 3.63) is 48.3 Å². The Labute approximate surface area is 181 Å². The summed E-state index contributed by atoms with van der Waals surface area (Å²) in [6.07, 6.45) is 2.00. The molecular formula is C20H22F4N4O4. The molecule has 4 heterocycles. The van der Waals surface area contributed by atoms with Crippen molar-refractivity contribution >= 4 is 11.9 Å². The number of pyridine rings is 1. The lowest BCUT2D eigenvalue weighted by atomic mass is 9.89. The predicted octanol–water partition coefficient (Wildman–Crippen LogP) is 2.99. The molecule has 2 fully saturated rings. The molecule has 0 aliphatic carbocycles. The van der Waals surface area contributed by atoms with Gasteiger partial charge in [0.05, 0.1) is 43.0 Å². The number of hydrogen-bond donors (Lipinski definition) is 1. The van der Waals surface area contributed by atoms with Crippen LogP contribution in [0.3, 0.4) is 0 Å². The van der Waals surface area contributed by atoms with Gasteiger partial charge in [-0.2, -0.15) is 13.2 Å². The third kappa shape index (κ3) is 6.57. The van der Waals surface area contributed by atoms with Crippen molar-refractivity contribution in [1.29, 1.82) is 0 Å². The molecule has 12 heteroatoms. The third-order valence-electron chi connectivity index (χ3n) is 5.04. The summed E-state index contributed by atoms with van der Waals surface area (Å²) in [6.45, 7) is 2.65. The number of carboxylic acids is 1. The van der Waals surface area contributed by atoms with E-state index in [1.807, 2.05) is 18.2 Å². The number of alkyl halides is 3. The summed E-state index contributed by atoms with van der Waals surface area (Å²) in [5.74, 6) is -2.62. The highest BCUT2D eigenvalue weighted by Gasteiger charge is 2.44. The summed E-state index contributed by atoms with van der Waals surface area (Å²) < 4.78 is 56.9. The Balaban J connectivity index is 0.000000360. The van der Waals surface area contributed by atoms with Gasteiger partial charge in [-0.05, 0) is 25.0 Å². The van der Waals surface area contributed by atoms with Crippen LogP contribution in [-0.2, 0) is 20.9 Å². The highest BCUT2D eigenvalue weighted by molar-refractivity contribution is 5.73. The van der Waals surface area contributed by atoms with Gasteiger partial charge >= 0.3 is 12.1 Å². The van der Waals surface area contributed by atoms with E-state index in [4.69, 9.17) is 19.4 Å². The quantitative estimate of drug-likeness (QED) is 0.699. The van der Waals surface area contributed by atoms with E-state index in [1.165, 1.54) is 12.4 Å². The minimum absolute atomic E-state index is 0.0658. The number of carbonyl (C=O) groups is 1. The van der Waals surface area contributed by atoms with Gasteiger partial charge in [0.15, 0.2) is 5.82 Å². The van der Waals surface area contributed by atoms with Crippen LogP contribution in [0.25, 0.3) is 0 Å². The first-order chi connectivity index (χ1) is 15.2. The van der Waals surface area contributed by atoms with Crippen molar-refractivity contribution in [3.8, 4) is 0 Å². The fraction of sp³-hybridized carbons (Fsp3) is 0.500. The molecular weight excluding hydrogens is 436 g/mol. The molecule has 2 saturated heterocycles. The molecule has 0 saturated carbocycles. The number of aromatic nitrogens is 3. The van der Waals surface area contributed by atoms with Crippen LogP contribution < -0.4 is 4.90 Å². The number of aliphatic carboxylic acids is 1. The zero-order chi connectivity index (χ0) is 23.2. The van der Waals surface area contributed by atoms with Crippen molar-refractivity contribution in [2.24, 2.45) is 0 Å². The van der Waals surface area contributed by atoms with Gasteiger partial charge in [-0.1, -0.05) is 6.07 Å². The van der Waals surface area contributed by atoms with Crippen molar-refractivity contribution in [3.63, 3.8) is 0 Å². The normalized spacial score (nSPS) is 23.0. The SMILES string of the molecule is Fc1cnc(N2CCC[C@]3(C[C@H](OCc4ccccn4)CO3)C2)nc1.O=C(O)C(F)(F)F. The number of piperidine rings is 1. The van der Waals surface area contributed by atoms with Gasteiger partial charge in [0, 0.05) is 25.7 Å². The number of anilines is 1. The molecule has 0 bridgehead atoms. The molecule has 0 unspecified atom stereocenters. The van der Waals surface area contributed by atoms with E-state index in [0.717, 1.165) is 31.5 Å². The number of nitrogens with zero attached hydrogens (tertiary/aromatic N) is 4. The molecule has 1 spiro atoms. The molecule has 2 aliphatic heterocycles. The molecule has 2 atom stereocenters. The molecule has 0 amide bonds. The van der Waals surface area contributed by atoms with E-state index in [2.05, 4.69) is 19.9 Å². The first kappa shape index (κ1) is 23.8. The minimum atomic E-state index is -5.08. The number of halogens is 4. The van der Waals surface area contributed by atoms with Gasteiger partial charge in [-0.25, -0.2) is 19.2 Å². The van der Waals surface area contributed by atoms with Gasteiger partial charge in [0.1, 0.15) is 0 Å². The van der Waals surface area contributed by atoms with E-state index in [1.54, 1.807) is 6.20 Å². The molecule has 0 aromatic carbocycles. The maximum atomic E-state index is 13.0. The van der Waals surface area contributed by atoms with Crippen LogP contribution in [0.2, 0.25) is 0 Å². The number of rotatable bonds is 4. The summed E-state index contributed by atoms with van der Waals surface area (Å²) in [4.78, 5) is 23.4. The largest absolute Gasteiger partial charge is 0.490 e. The van der Waals surface area contributed by atoms with E-state index < -0.39 is 18.0 Å². The van der Waals surface area contributed by atoms with E-state index in [9.17, 15) is 17.6 Å². The summed E-state index contributed by atoms with van der Waals surface area (Å²) in [6, 6.07) is 5.81. The second kappa shape index (κ2) is 10.2. The zero-order valence-corrected chi connectivity index (χ0v) is 17.0. The van der Waals surface area contributed by atoms with Gasteiger partial charge in [0.2, 0.25) is 5.95 Å². The average molecular weight is 458 g/mol. The van der Waals surface area contributed by atoms with Crippen LogP contribution in [0.1, 0.15) is 25.0 Å². The van der Waals surface area contributed by atoms with Gasteiger partial charge in [-0.3, -0.25) is 4.98 Å². The monoisotopic (exact) mass is 458 g/mol. The highest BCUT2D eigenvalue weighted by atomic mass is 19.4. The first-order valence-corrected chi connectivity index (χ1v) is 9.85.